The predicted molar refractivity (Wildman–Crippen MR) is 219 cm³/mol. The molecule has 0 aromatic heterocycles. The van der Waals surface area contributed by atoms with Gasteiger partial charge in [-0.15, -0.1) is 0 Å². The fraction of sp³-hybridized carbons (Fsp3) is 0.333. The SMILES string of the molecule is CC(C)(C)Oc1ccc(-c2cc3cc4ccccc4cc3c(-c3ccccc3)c2-c2ccc(OC(C)(C)C)c(OC(C)(C)C)c2)cc1OC(C)(C)C. The van der Waals surface area contributed by atoms with Crippen molar-refractivity contribution < 1.29 is 18.9 Å². The van der Waals surface area contributed by atoms with Crippen molar-refractivity contribution >= 4 is 21.5 Å². The Balaban J connectivity index is 1.74. The zero-order chi connectivity index (χ0) is 37.6. The summed E-state index contributed by atoms with van der Waals surface area (Å²) < 4.78 is 26.2. The Labute approximate surface area is 310 Å². The van der Waals surface area contributed by atoms with Crippen molar-refractivity contribution in [3.8, 4) is 56.4 Å². The molecule has 52 heavy (non-hydrogen) atoms. The summed E-state index contributed by atoms with van der Waals surface area (Å²) >= 11 is 0. The van der Waals surface area contributed by atoms with Gasteiger partial charge in [0.05, 0.1) is 0 Å². The van der Waals surface area contributed by atoms with Crippen LogP contribution >= 0.6 is 0 Å². The van der Waals surface area contributed by atoms with Gasteiger partial charge < -0.3 is 18.9 Å². The van der Waals surface area contributed by atoms with Gasteiger partial charge in [0, 0.05) is 0 Å². The van der Waals surface area contributed by atoms with E-state index in [2.05, 4.69) is 186 Å². The van der Waals surface area contributed by atoms with Crippen LogP contribution in [0.3, 0.4) is 0 Å². The van der Waals surface area contributed by atoms with Crippen LogP contribution in [0, 0.1) is 0 Å². The van der Waals surface area contributed by atoms with E-state index in [1.807, 2.05) is 6.07 Å². The lowest BCUT2D eigenvalue weighted by atomic mass is 9.83. The highest BCUT2D eigenvalue weighted by Gasteiger charge is 2.26. The molecule has 4 nitrogen and oxygen atoms in total. The highest BCUT2D eigenvalue weighted by Crippen LogP contribution is 2.49. The average Bonchev–Trinajstić information content (AvgIpc) is 3.02. The van der Waals surface area contributed by atoms with Gasteiger partial charge in [-0.1, -0.05) is 66.7 Å². The summed E-state index contributed by atoms with van der Waals surface area (Å²) in [6.07, 6.45) is 0. The van der Waals surface area contributed by atoms with Crippen LogP contribution in [-0.4, -0.2) is 22.4 Å². The molecule has 0 aliphatic heterocycles. The van der Waals surface area contributed by atoms with Crippen LogP contribution in [0.1, 0.15) is 83.1 Å². The Hall–Kier alpha value is -4.96. The number of ether oxygens (including phenoxy) is 4. The first-order valence-corrected chi connectivity index (χ1v) is 18.3. The maximum absolute atomic E-state index is 6.65. The molecular formula is C48H54O4. The van der Waals surface area contributed by atoms with Crippen molar-refractivity contribution in [3.63, 3.8) is 0 Å². The van der Waals surface area contributed by atoms with Crippen molar-refractivity contribution in [3.05, 3.63) is 109 Å². The lowest BCUT2D eigenvalue weighted by Gasteiger charge is -2.29. The summed E-state index contributed by atoms with van der Waals surface area (Å²) in [6, 6.07) is 39.0. The third kappa shape index (κ3) is 8.73. The van der Waals surface area contributed by atoms with Crippen molar-refractivity contribution in [2.45, 2.75) is 105 Å². The Kier molecular flexibility index (Phi) is 9.59. The van der Waals surface area contributed by atoms with E-state index < -0.39 is 22.4 Å². The fourth-order valence-electron chi connectivity index (χ4n) is 6.51. The average molecular weight is 695 g/mol. The topological polar surface area (TPSA) is 36.9 Å². The maximum Gasteiger partial charge on any atom is 0.162 e. The molecule has 0 atom stereocenters. The molecule has 0 N–H and O–H groups in total. The van der Waals surface area contributed by atoms with Gasteiger partial charge in [-0.2, -0.15) is 0 Å². The normalized spacial score (nSPS) is 12.6. The second kappa shape index (κ2) is 13.5. The molecule has 0 bridgehead atoms. The molecule has 270 valence electrons. The van der Waals surface area contributed by atoms with Gasteiger partial charge in [0.2, 0.25) is 0 Å². The van der Waals surface area contributed by atoms with Crippen molar-refractivity contribution in [1.82, 2.24) is 0 Å². The lowest BCUT2D eigenvalue weighted by molar-refractivity contribution is 0.0958. The van der Waals surface area contributed by atoms with Crippen LogP contribution in [0.2, 0.25) is 0 Å². The smallest absolute Gasteiger partial charge is 0.162 e. The third-order valence-electron chi connectivity index (χ3n) is 8.22. The number of hydrogen-bond acceptors (Lipinski definition) is 4. The van der Waals surface area contributed by atoms with Crippen molar-refractivity contribution in [2.24, 2.45) is 0 Å². The molecule has 0 unspecified atom stereocenters. The van der Waals surface area contributed by atoms with Gasteiger partial charge in [0.25, 0.3) is 0 Å². The molecular weight excluding hydrogens is 641 g/mol. The van der Waals surface area contributed by atoms with E-state index in [4.69, 9.17) is 18.9 Å². The number of fused-ring (bicyclic) bond motifs is 2. The molecule has 6 rings (SSSR count). The molecule has 0 spiro atoms. The Morgan fingerprint density at radius 3 is 1.29 bits per heavy atom. The number of rotatable bonds is 7. The highest BCUT2D eigenvalue weighted by molar-refractivity contribution is 6.13. The zero-order valence-corrected chi connectivity index (χ0v) is 33.0. The molecule has 4 heteroatoms. The Morgan fingerprint density at radius 1 is 0.327 bits per heavy atom. The number of hydrogen-bond donors (Lipinski definition) is 0. The van der Waals surface area contributed by atoms with Gasteiger partial charge >= 0.3 is 0 Å². The second-order valence-corrected chi connectivity index (χ2v) is 17.6. The zero-order valence-electron chi connectivity index (χ0n) is 33.0. The number of benzene rings is 6. The third-order valence-corrected chi connectivity index (χ3v) is 8.22. The molecule has 0 fully saturated rings. The van der Waals surface area contributed by atoms with E-state index >= 15 is 0 Å². The second-order valence-electron chi connectivity index (χ2n) is 17.6. The largest absolute Gasteiger partial charge is 0.484 e. The summed E-state index contributed by atoms with van der Waals surface area (Å²) in [6.45, 7) is 24.8. The van der Waals surface area contributed by atoms with E-state index in [1.165, 1.54) is 16.2 Å². The molecule has 0 radical (unpaired) electrons. The van der Waals surface area contributed by atoms with Crippen molar-refractivity contribution in [2.75, 3.05) is 0 Å². The highest BCUT2D eigenvalue weighted by atomic mass is 16.5. The van der Waals surface area contributed by atoms with Gasteiger partial charge in [-0.3, -0.25) is 0 Å². The quantitative estimate of drug-likeness (QED) is 0.156. The molecule has 6 aromatic carbocycles. The van der Waals surface area contributed by atoms with Crippen molar-refractivity contribution in [1.29, 1.82) is 0 Å². The van der Waals surface area contributed by atoms with Crippen LogP contribution in [0.25, 0.3) is 54.9 Å². The molecule has 0 heterocycles. The summed E-state index contributed by atoms with van der Waals surface area (Å²) in [5, 5.41) is 4.73. The minimum absolute atomic E-state index is 0.395. The molecule has 0 amide bonds. The van der Waals surface area contributed by atoms with E-state index in [9.17, 15) is 0 Å². The summed E-state index contributed by atoms with van der Waals surface area (Å²) in [4.78, 5) is 0. The van der Waals surface area contributed by atoms with E-state index in [0.717, 1.165) is 38.8 Å². The first kappa shape index (κ1) is 36.8. The summed E-state index contributed by atoms with van der Waals surface area (Å²) in [5.74, 6) is 2.84. The molecule has 0 saturated carbocycles. The molecule has 0 saturated heterocycles. The minimum atomic E-state index is -0.440. The maximum atomic E-state index is 6.65. The molecule has 0 aliphatic rings. The molecule has 6 aromatic rings. The van der Waals surface area contributed by atoms with E-state index in [-0.39, 0.29) is 0 Å². The van der Waals surface area contributed by atoms with Crippen LogP contribution in [0.15, 0.2) is 109 Å². The summed E-state index contributed by atoms with van der Waals surface area (Å²) in [5.41, 5.74) is 4.84. The summed E-state index contributed by atoms with van der Waals surface area (Å²) in [7, 11) is 0. The standard InChI is InChI=1S/C48H54O4/c1-45(2,3)49-39-24-22-34(29-41(39)51-47(7,8)9)37-28-36-26-32-20-16-17-21-33(32)27-38(36)43(31-18-14-13-15-19-31)44(37)35-23-25-40(50-46(4,5)6)42(30-35)52-48(10,11)12/h13-30H,1-12H3. The van der Waals surface area contributed by atoms with E-state index in [0.29, 0.717) is 23.0 Å². The van der Waals surface area contributed by atoms with Crippen LogP contribution < -0.4 is 18.9 Å². The Morgan fingerprint density at radius 2 is 0.769 bits per heavy atom. The molecule has 0 aliphatic carbocycles. The van der Waals surface area contributed by atoms with Gasteiger partial charge in [0.15, 0.2) is 23.0 Å². The first-order valence-electron chi connectivity index (χ1n) is 18.3. The van der Waals surface area contributed by atoms with Gasteiger partial charge in [-0.05, 0) is 180 Å². The van der Waals surface area contributed by atoms with Gasteiger partial charge in [-0.25, -0.2) is 0 Å². The predicted octanol–water partition coefficient (Wildman–Crippen LogP) is 13.7. The fourth-order valence-corrected chi connectivity index (χ4v) is 6.51. The monoisotopic (exact) mass is 694 g/mol. The van der Waals surface area contributed by atoms with Crippen LogP contribution in [0.4, 0.5) is 0 Å². The van der Waals surface area contributed by atoms with Crippen LogP contribution in [0.5, 0.6) is 23.0 Å². The van der Waals surface area contributed by atoms with E-state index in [1.54, 1.807) is 0 Å². The Bertz CT molecular complexity index is 2220. The van der Waals surface area contributed by atoms with Gasteiger partial charge in [0.1, 0.15) is 22.4 Å². The lowest BCUT2D eigenvalue weighted by Crippen LogP contribution is -2.26. The van der Waals surface area contributed by atoms with Crippen LogP contribution in [-0.2, 0) is 0 Å². The minimum Gasteiger partial charge on any atom is -0.484 e. The first-order chi connectivity index (χ1) is 24.2.